The summed E-state index contributed by atoms with van der Waals surface area (Å²) in [5.74, 6) is -0.749. The highest BCUT2D eigenvalue weighted by Crippen LogP contribution is 2.37. The number of hydrogen-bond donors (Lipinski definition) is 1. The standard InChI is InChI=1S/C12H14O3S/c13-12(14)6-11(16-10-7-15-8-10)9-4-2-1-3-5-9/h1-5,10-11H,6-8H2,(H,13,14). The predicted octanol–water partition coefficient (Wildman–Crippen LogP) is 2.33. The van der Waals surface area contributed by atoms with Gasteiger partial charge in [-0.1, -0.05) is 30.3 Å². The highest BCUT2D eigenvalue weighted by atomic mass is 32.2. The molecule has 1 aromatic rings. The zero-order chi connectivity index (χ0) is 11.4. The van der Waals surface area contributed by atoms with Gasteiger partial charge in [0.25, 0.3) is 0 Å². The Bertz CT molecular complexity index is 349. The van der Waals surface area contributed by atoms with Crippen LogP contribution in [0.15, 0.2) is 30.3 Å². The van der Waals surface area contributed by atoms with Crippen LogP contribution in [0.4, 0.5) is 0 Å². The fourth-order valence-corrected chi connectivity index (χ4v) is 2.96. The van der Waals surface area contributed by atoms with E-state index >= 15 is 0 Å². The molecular weight excluding hydrogens is 224 g/mol. The van der Waals surface area contributed by atoms with E-state index in [2.05, 4.69) is 0 Å². The highest BCUT2D eigenvalue weighted by Gasteiger charge is 2.25. The van der Waals surface area contributed by atoms with Crippen LogP contribution in [0.25, 0.3) is 0 Å². The van der Waals surface area contributed by atoms with Crippen LogP contribution in [0, 0.1) is 0 Å². The van der Waals surface area contributed by atoms with E-state index in [1.807, 2.05) is 30.3 Å². The van der Waals surface area contributed by atoms with Crippen LogP contribution in [-0.2, 0) is 9.53 Å². The Morgan fingerprint density at radius 3 is 2.62 bits per heavy atom. The maximum Gasteiger partial charge on any atom is 0.304 e. The molecule has 1 fully saturated rings. The van der Waals surface area contributed by atoms with Crippen LogP contribution in [0.5, 0.6) is 0 Å². The Morgan fingerprint density at radius 1 is 1.44 bits per heavy atom. The van der Waals surface area contributed by atoms with Crippen molar-refractivity contribution in [3.8, 4) is 0 Å². The molecule has 1 aliphatic heterocycles. The Kier molecular flexibility index (Phi) is 3.85. The highest BCUT2D eigenvalue weighted by molar-refractivity contribution is 8.00. The number of rotatable bonds is 5. The lowest BCUT2D eigenvalue weighted by atomic mass is 10.1. The van der Waals surface area contributed by atoms with Crippen LogP contribution in [0.2, 0.25) is 0 Å². The molecule has 1 saturated heterocycles. The van der Waals surface area contributed by atoms with Gasteiger partial charge in [0, 0.05) is 5.25 Å². The summed E-state index contributed by atoms with van der Waals surface area (Å²) in [4.78, 5) is 10.8. The van der Waals surface area contributed by atoms with E-state index in [0.29, 0.717) is 5.25 Å². The normalized spacial score (nSPS) is 17.8. The Hall–Kier alpha value is -1.00. The zero-order valence-corrected chi connectivity index (χ0v) is 9.65. The van der Waals surface area contributed by atoms with Crippen LogP contribution in [0.1, 0.15) is 17.2 Å². The number of carbonyl (C=O) groups is 1. The molecule has 86 valence electrons. The van der Waals surface area contributed by atoms with Gasteiger partial charge in [0.15, 0.2) is 0 Å². The van der Waals surface area contributed by atoms with Gasteiger partial charge in [-0.3, -0.25) is 4.79 Å². The molecule has 0 saturated carbocycles. The molecule has 1 N–H and O–H groups in total. The SMILES string of the molecule is O=C(O)CC(SC1COC1)c1ccccc1. The number of ether oxygens (including phenoxy) is 1. The van der Waals surface area contributed by atoms with Crippen molar-refractivity contribution in [1.82, 2.24) is 0 Å². The fraction of sp³-hybridized carbons (Fsp3) is 0.417. The van der Waals surface area contributed by atoms with Crippen LogP contribution >= 0.6 is 11.8 Å². The largest absolute Gasteiger partial charge is 0.481 e. The lowest BCUT2D eigenvalue weighted by Gasteiger charge is -2.29. The van der Waals surface area contributed by atoms with Gasteiger partial charge >= 0.3 is 5.97 Å². The molecular formula is C12H14O3S. The molecule has 1 aliphatic rings. The van der Waals surface area contributed by atoms with Crippen molar-refractivity contribution in [2.24, 2.45) is 0 Å². The monoisotopic (exact) mass is 238 g/mol. The predicted molar refractivity (Wildman–Crippen MR) is 63.6 cm³/mol. The number of carboxylic acids is 1. The Morgan fingerprint density at radius 2 is 2.12 bits per heavy atom. The summed E-state index contributed by atoms with van der Waals surface area (Å²) >= 11 is 1.71. The first-order valence-corrected chi connectivity index (χ1v) is 6.20. The molecule has 1 atom stereocenters. The molecule has 0 bridgehead atoms. The molecule has 0 aliphatic carbocycles. The minimum absolute atomic E-state index is 0.0348. The number of thioether (sulfide) groups is 1. The lowest BCUT2D eigenvalue weighted by Crippen LogP contribution is -2.31. The second-order valence-electron chi connectivity index (χ2n) is 3.79. The quantitative estimate of drug-likeness (QED) is 0.855. The minimum Gasteiger partial charge on any atom is -0.481 e. The maximum absolute atomic E-state index is 10.8. The van der Waals surface area contributed by atoms with Crippen molar-refractivity contribution in [3.63, 3.8) is 0 Å². The number of benzene rings is 1. The number of hydrogen-bond acceptors (Lipinski definition) is 3. The number of aliphatic carboxylic acids is 1. The Labute approximate surface area is 98.8 Å². The van der Waals surface area contributed by atoms with Gasteiger partial charge < -0.3 is 9.84 Å². The van der Waals surface area contributed by atoms with Gasteiger partial charge in [-0.05, 0) is 5.56 Å². The number of carboxylic acid groups (broad SMARTS) is 1. The molecule has 1 aromatic carbocycles. The topological polar surface area (TPSA) is 46.5 Å². The van der Waals surface area contributed by atoms with Crippen LogP contribution in [-0.4, -0.2) is 29.5 Å². The molecule has 4 heteroatoms. The van der Waals surface area contributed by atoms with E-state index in [9.17, 15) is 4.79 Å². The van der Waals surface area contributed by atoms with Gasteiger partial charge in [0.2, 0.25) is 0 Å². The zero-order valence-electron chi connectivity index (χ0n) is 8.83. The first-order valence-electron chi connectivity index (χ1n) is 5.25. The van der Waals surface area contributed by atoms with Gasteiger partial charge in [0.05, 0.1) is 24.9 Å². The smallest absolute Gasteiger partial charge is 0.304 e. The van der Waals surface area contributed by atoms with E-state index in [-0.39, 0.29) is 11.7 Å². The summed E-state index contributed by atoms with van der Waals surface area (Å²) in [5, 5.41) is 9.39. The molecule has 0 spiro atoms. The maximum atomic E-state index is 10.8. The molecule has 1 unspecified atom stereocenters. The third-order valence-electron chi connectivity index (χ3n) is 2.50. The molecule has 1 heterocycles. The van der Waals surface area contributed by atoms with E-state index in [0.717, 1.165) is 18.8 Å². The Balaban J connectivity index is 2.04. The van der Waals surface area contributed by atoms with E-state index in [1.54, 1.807) is 11.8 Å². The summed E-state index contributed by atoms with van der Waals surface area (Å²) in [5.41, 5.74) is 1.09. The molecule has 0 amide bonds. The summed E-state index contributed by atoms with van der Waals surface area (Å²) in [6.45, 7) is 1.49. The summed E-state index contributed by atoms with van der Waals surface area (Å²) < 4.78 is 5.11. The van der Waals surface area contributed by atoms with Crippen molar-refractivity contribution in [2.45, 2.75) is 16.9 Å². The van der Waals surface area contributed by atoms with Crippen molar-refractivity contribution >= 4 is 17.7 Å². The summed E-state index contributed by atoms with van der Waals surface area (Å²) in [6.07, 6.45) is 0.172. The third kappa shape index (κ3) is 3.00. The van der Waals surface area contributed by atoms with Gasteiger partial charge in [-0.15, -0.1) is 11.8 Å². The van der Waals surface area contributed by atoms with Gasteiger partial charge in [-0.2, -0.15) is 0 Å². The van der Waals surface area contributed by atoms with E-state index in [4.69, 9.17) is 9.84 Å². The molecule has 16 heavy (non-hydrogen) atoms. The fourth-order valence-electron chi connectivity index (χ4n) is 1.60. The minimum atomic E-state index is -0.749. The molecule has 0 aromatic heterocycles. The van der Waals surface area contributed by atoms with Crippen LogP contribution in [0.3, 0.4) is 0 Å². The first kappa shape index (κ1) is 11.5. The van der Waals surface area contributed by atoms with Gasteiger partial charge in [-0.25, -0.2) is 0 Å². The summed E-state index contributed by atoms with van der Waals surface area (Å²) in [6, 6.07) is 9.81. The van der Waals surface area contributed by atoms with Crippen molar-refractivity contribution in [2.75, 3.05) is 13.2 Å². The molecule has 3 nitrogen and oxygen atoms in total. The van der Waals surface area contributed by atoms with E-state index in [1.165, 1.54) is 0 Å². The lowest BCUT2D eigenvalue weighted by molar-refractivity contribution is -0.137. The second-order valence-corrected chi connectivity index (χ2v) is 5.30. The van der Waals surface area contributed by atoms with Crippen molar-refractivity contribution in [3.05, 3.63) is 35.9 Å². The second kappa shape index (κ2) is 5.37. The van der Waals surface area contributed by atoms with Gasteiger partial charge in [0.1, 0.15) is 0 Å². The third-order valence-corrected chi connectivity index (χ3v) is 3.92. The molecule has 2 rings (SSSR count). The molecule has 0 radical (unpaired) electrons. The van der Waals surface area contributed by atoms with Crippen molar-refractivity contribution in [1.29, 1.82) is 0 Å². The van der Waals surface area contributed by atoms with Crippen LogP contribution < -0.4 is 0 Å². The summed E-state index contributed by atoms with van der Waals surface area (Å²) in [7, 11) is 0. The first-order chi connectivity index (χ1) is 7.75. The average molecular weight is 238 g/mol. The average Bonchev–Trinajstić information content (AvgIpc) is 2.22. The van der Waals surface area contributed by atoms with E-state index < -0.39 is 5.97 Å². The van der Waals surface area contributed by atoms with Crippen molar-refractivity contribution < 1.29 is 14.6 Å².